The van der Waals surface area contributed by atoms with Crippen LogP contribution in [0.25, 0.3) is 22.4 Å². The van der Waals surface area contributed by atoms with E-state index in [1.807, 2.05) is 18.2 Å². The molecule has 3 aromatic heterocycles. The van der Waals surface area contributed by atoms with Crippen LogP contribution in [-0.4, -0.2) is 30.8 Å². The molecule has 5 rings (SSSR count). The molecule has 154 valence electrons. The van der Waals surface area contributed by atoms with Crippen LogP contribution in [-0.2, 0) is 4.79 Å². The van der Waals surface area contributed by atoms with E-state index in [2.05, 4.69) is 31.8 Å². The van der Waals surface area contributed by atoms with Crippen LogP contribution in [0.15, 0.2) is 70.2 Å². The summed E-state index contributed by atoms with van der Waals surface area (Å²) in [7, 11) is 0. The second-order valence-electron chi connectivity index (χ2n) is 7.22. The lowest BCUT2D eigenvalue weighted by Crippen LogP contribution is -2.14. The van der Waals surface area contributed by atoms with Gasteiger partial charge >= 0.3 is 0 Å². The smallest absolute Gasteiger partial charge is 0.270 e. The van der Waals surface area contributed by atoms with Gasteiger partial charge in [0.2, 0.25) is 5.91 Å². The van der Waals surface area contributed by atoms with Gasteiger partial charge in [0.05, 0.1) is 18.1 Å². The molecule has 1 aliphatic rings. The molecule has 0 aliphatic heterocycles. The SMILES string of the molecule is C=CC(=O)Nc1cccc(Sc2cnc3[nH]cc(-c4cnc(C5CC5)c(=O)[nH]4)c3n2)c1. The van der Waals surface area contributed by atoms with Gasteiger partial charge in [-0.1, -0.05) is 24.4 Å². The molecule has 1 aromatic carbocycles. The van der Waals surface area contributed by atoms with Crippen LogP contribution >= 0.6 is 11.8 Å². The summed E-state index contributed by atoms with van der Waals surface area (Å²) in [5.74, 6) is 0.0196. The summed E-state index contributed by atoms with van der Waals surface area (Å²) in [4.78, 5) is 44.4. The van der Waals surface area contributed by atoms with Crippen molar-refractivity contribution in [3.63, 3.8) is 0 Å². The maximum absolute atomic E-state index is 12.4. The molecule has 1 fully saturated rings. The Kier molecular flexibility index (Phi) is 4.87. The van der Waals surface area contributed by atoms with E-state index >= 15 is 0 Å². The van der Waals surface area contributed by atoms with E-state index in [1.54, 1.807) is 24.7 Å². The highest BCUT2D eigenvalue weighted by molar-refractivity contribution is 7.99. The fourth-order valence-corrected chi connectivity index (χ4v) is 4.09. The third kappa shape index (κ3) is 3.99. The maximum atomic E-state index is 12.4. The van der Waals surface area contributed by atoms with Crippen LogP contribution in [0.2, 0.25) is 0 Å². The summed E-state index contributed by atoms with van der Waals surface area (Å²) in [5.41, 5.74) is 3.75. The third-order valence-corrected chi connectivity index (χ3v) is 5.83. The molecule has 1 saturated carbocycles. The van der Waals surface area contributed by atoms with Crippen molar-refractivity contribution in [2.45, 2.75) is 28.7 Å². The Morgan fingerprint density at radius 2 is 2.13 bits per heavy atom. The van der Waals surface area contributed by atoms with E-state index in [9.17, 15) is 9.59 Å². The number of aromatic nitrogens is 5. The summed E-state index contributed by atoms with van der Waals surface area (Å²) >= 11 is 1.42. The van der Waals surface area contributed by atoms with E-state index in [1.165, 1.54) is 17.8 Å². The van der Waals surface area contributed by atoms with Crippen LogP contribution in [0.4, 0.5) is 5.69 Å². The third-order valence-electron chi connectivity index (χ3n) is 4.94. The number of hydrogen-bond acceptors (Lipinski definition) is 6. The largest absolute Gasteiger partial charge is 0.344 e. The Morgan fingerprint density at radius 1 is 1.26 bits per heavy atom. The number of hydrogen-bond donors (Lipinski definition) is 3. The topological polar surface area (TPSA) is 116 Å². The van der Waals surface area contributed by atoms with E-state index in [0.717, 1.165) is 23.3 Å². The molecular weight excluding hydrogens is 412 g/mol. The predicted octanol–water partition coefficient (Wildman–Crippen LogP) is 3.86. The predicted molar refractivity (Wildman–Crippen MR) is 119 cm³/mol. The van der Waals surface area contributed by atoms with Crippen molar-refractivity contribution < 1.29 is 4.79 Å². The number of nitrogens with zero attached hydrogens (tertiary/aromatic N) is 3. The number of anilines is 1. The van der Waals surface area contributed by atoms with Gasteiger partial charge < -0.3 is 15.3 Å². The molecular formula is C22H18N6O2S. The lowest BCUT2D eigenvalue weighted by Gasteiger charge is -2.06. The van der Waals surface area contributed by atoms with Crippen molar-refractivity contribution in [3.05, 3.63) is 71.6 Å². The molecule has 0 spiro atoms. The second-order valence-corrected chi connectivity index (χ2v) is 8.31. The van der Waals surface area contributed by atoms with Crippen molar-refractivity contribution in [2.75, 3.05) is 5.32 Å². The van der Waals surface area contributed by atoms with E-state index in [4.69, 9.17) is 4.98 Å². The molecule has 31 heavy (non-hydrogen) atoms. The van der Waals surface area contributed by atoms with Gasteiger partial charge in [-0.15, -0.1) is 0 Å². The summed E-state index contributed by atoms with van der Waals surface area (Å²) in [6.07, 6.45) is 8.40. The highest BCUT2D eigenvalue weighted by Crippen LogP contribution is 2.37. The van der Waals surface area contributed by atoms with E-state index < -0.39 is 0 Å². The molecule has 0 atom stereocenters. The van der Waals surface area contributed by atoms with Crippen LogP contribution < -0.4 is 10.9 Å². The molecule has 4 aromatic rings. The Balaban J connectivity index is 1.45. The first-order valence-electron chi connectivity index (χ1n) is 9.76. The quantitative estimate of drug-likeness (QED) is 0.400. The van der Waals surface area contributed by atoms with E-state index in [0.29, 0.717) is 33.3 Å². The van der Waals surface area contributed by atoms with Crippen molar-refractivity contribution in [3.8, 4) is 11.3 Å². The Bertz CT molecular complexity index is 1370. The van der Waals surface area contributed by atoms with Gasteiger partial charge in [0.25, 0.3) is 5.56 Å². The molecule has 0 radical (unpaired) electrons. The minimum absolute atomic E-state index is 0.147. The number of nitrogens with one attached hydrogen (secondary N) is 3. The van der Waals surface area contributed by atoms with Gasteiger partial charge in [-0.05, 0) is 37.1 Å². The van der Waals surface area contributed by atoms with Crippen LogP contribution in [0.3, 0.4) is 0 Å². The zero-order valence-electron chi connectivity index (χ0n) is 16.4. The fraction of sp³-hybridized carbons (Fsp3) is 0.136. The highest BCUT2D eigenvalue weighted by atomic mass is 32.2. The van der Waals surface area contributed by atoms with Gasteiger partial charge in [0, 0.05) is 28.3 Å². The fourth-order valence-electron chi connectivity index (χ4n) is 3.28. The zero-order chi connectivity index (χ0) is 21.4. The van der Waals surface area contributed by atoms with Crippen LogP contribution in [0.5, 0.6) is 0 Å². The molecule has 1 aliphatic carbocycles. The van der Waals surface area contributed by atoms with Crippen molar-refractivity contribution in [1.82, 2.24) is 24.9 Å². The molecule has 1 amide bonds. The molecule has 0 unspecified atom stereocenters. The minimum Gasteiger partial charge on any atom is -0.344 e. The summed E-state index contributed by atoms with van der Waals surface area (Å²) in [6.45, 7) is 3.46. The first kappa shape index (κ1) is 19.3. The first-order chi connectivity index (χ1) is 15.1. The number of benzene rings is 1. The maximum Gasteiger partial charge on any atom is 0.270 e. The Hall–Kier alpha value is -3.72. The van der Waals surface area contributed by atoms with Crippen molar-refractivity contribution in [2.24, 2.45) is 0 Å². The van der Waals surface area contributed by atoms with Gasteiger partial charge in [-0.25, -0.2) is 9.97 Å². The Morgan fingerprint density at radius 3 is 2.90 bits per heavy atom. The number of aromatic amines is 2. The molecule has 0 bridgehead atoms. The van der Waals surface area contributed by atoms with Gasteiger partial charge in [0.1, 0.15) is 16.2 Å². The van der Waals surface area contributed by atoms with Crippen LogP contribution in [0, 0.1) is 0 Å². The minimum atomic E-state index is -0.268. The number of carbonyl (C=O) groups excluding carboxylic acids is 1. The summed E-state index contributed by atoms with van der Waals surface area (Å²) in [5, 5.41) is 3.43. The summed E-state index contributed by atoms with van der Waals surface area (Å²) in [6, 6.07) is 7.44. The highest BCUT2D eigenvalue weighted by Gasteiger charge is 2.28. The number of amides is 1. The van der Waals surface area contributed by atoms with Crippen molar-refractivity contribution in [1.29, 1.82) is 0 Å². The standard InChI is InChI=1S/C22H18N6O2S/c1-2-17(29)26-13-4-3-5-14(8-13)31-18-11-25-21-20(28-18)15(9-24-21)16-10-23-19(12-6-7-12)22(30)27-16/h2-5,8-12H,1,6-7H2,(H,24,25)(H,26,29)(H,27,30). The lowest BCUT2D eigenvalue weighted by molar-refractivity contribution is -0.111. The molecule has 8 nitrogen and oxygen atoms in total. The van der Waals surface area contributed by atoms with Crippen LogP contribution in [0.1, 0.15) is 24.5 Å². The normalized spacial score (nSPS) is 13.3. The first-order valence-corrected chi connectivity index (χ1v) is 10.6. The molecule has 3 heterocycles. The van der Waals surface area contributed by atoms with E-state index in [-0.39, 0.29) is 17.4 Å². The van der Waals surface area contributed by atoms with Crippen molar-refractivity contribution >= 4 is 34.5 Å². The summed E-state index contributed by atoms with van der Waals surface area (Å²) < 4.78 is 0. The monoisotopic (exact) mass is 430 g/mol. The van der Waals surface area contributed by atoms with Gasteiger partial charge in [-0.3, -0.25) is 14.6 Å². The zero-order valence-corrected chi connectivity index (χ0v) is 17.2. The average molecular weight is 430 g/mol. The second kappa shape index (κ2) is 7.84. The van der Waals surface area contributed by atoms with Gasteiger partial charge in [-0.2, -0.15) is 0 Å². The number of rotatable bonds is 6. The number of fused-ring (bicyclic) bond motifs is 1. The Labute approximate surface area is 181 Å². The molecule has 3 N–H and O–H groups in total. The average Bonchev–Trinajstić information content (AvgIpc) is 3.52. The number of carbonyl (C=O) groups is 1. The lowest BCUT2D eigenvalue weighted by atomic mass is 10.2. The van der Waals surface area contributed by atoms with Gasteiger partial charge in [0.15, 0.2) is 5.65 Å². The number of H-pyrrole nitrogens is 2. The molecule has 0 saturated heterocycles. The molecule has 9 heteroatoms.